The van der Waals surface area contributed by atoms with Crippen molar-refractivity contribution >= 4 is 23.5 Å². The molecular formula is C22H22IN3S. The molecule has 0 radical (unpaired) electrons. The summed E-state index contributed by atoms with van der Waals surface area (Å²) in [4.78, 5) is 7.81. The molecule has 3 nitrogen and oxygen atoms in total. The quantitative estimate of drug-likeness (QED) is 0.414. The van der Waals surface area contributed by atoms with Gasteiger partial charge in [-0.15, -0.1) is 0 Å². The van der Waals surface area contributed by atoms with Crippen LogP contribution in [-0.2, 0) is 6.54 Å². The van der Waals surface area contributed by atoms with Gasteiger partial charge in [0, 0.05) is 55.9 Å². The molecule has 1 aliphatic rings. The topological polar surface area (TPSA) is 20.0 Å². The second-order valence-corrected chi connectivity index (χ2v) is 7.69. The first-order valence-electron chi connectivity index (χ1n) is 8.74. The fraction of sp³-hybridized carbons (Fsp3) is 0.182. The van der Waals surface area contributed by atoms with Crippen LogP contribution in [0.4, 0.5) is 5.69 Å². The third kappa shape index (κ3) is 4.19. The molecule has 138 valence electrons. The lowest BCUT2D eigenvalue weighted by atomic mass is 10.1. The zero-order valence-electron chi connectivity index (χ0n) is 15.7. The zero-order valence-corrected chi connectivity index (χ0v) is 18.7. The van der Waals surface area contributed by atoms with Crippen LogP contribution in [-0.4, -0.2) is 12.0 Å². The van der Waals surface area contributed by atoms with Crippen LogP contribution < -0.4 is 33.4 Å². The average molecular weight is 487 g/mol. The highest BCUT2D eigenvalue weighted by Crippen LogP contribution is 2.45. The number of aromatic nitrogens is 2. The predicted octanol–water partition coefficient (Wildman–Crippen LogP) is 1.58. The maximum atomic E-state index is 4.22. The number of halogens is 1. The Labute approximate surface area is 182 Å². The molecule has 2 aromatic heterocycles. The van der Waals surface area contributed by atoms with E-state index in [1.165, 1.54) is 38.1 Å². The summed E-state index contributed by atoms with van der Waals surface area (Å²) in [6, 6.07) is 17.2. The summed E-state index contributed by atoms with van der Waals surface area (Å²) in [5, 5.41) is 1.26. The van der Waals surface area contributed by atoms with Gasteiger partial charge >= 0.3 is 0 Å². The number of para-hydroxylation sites is 1. The third-order valence-electron chi connectivity index (χ3n) is 4.73. The van der Waals surface area contributed by atoms with Crippen molar-refractivity contribution in [3.8, 4) is 0 Å². The van der Waals surface area contributed by atoms with Gasteiger partial charge in [-0.25, -0.2) is 0 Å². The fourth-order valence-electron chi connectivity index (χ4n) is 3.35. The summed E-state index contributed by atoms with van der Waals surface area (Å²) in [6.07, 6.45) is 6.03. The van der Waals surface area contributed by atoms with Crippen molar-refractivity contribution in [1.29, 1.82) is 0 Å². The number of thioether (sulfide) groups is 1. The van der Waals surface area contributed by atoms with Crippen molar-refractivity contribution in [2.24, 2.45) is 0 Å². The molecule has 4 rings (SSSR count). The standard InChI is InChI=1S/C22H22N3S.HI/c1-16-11-19(12-17(2)25(16)15-18-7-6-10-23-14-18)13-22-24(3)20-8-4-5-9-21(20)26-22;/h4-14H,15H2,1-3H3;1H/q+1;/p-1. The Morgan fingerprint density at radius 1 is 1.07 bits per heavy atom. The molecule has 5 heteroatoms. The Hall–Kier alpha value is -1.86. The van der Waals surface area contributed by atoms with Gasteiger partial charge in [-0.05, 0) is 35.9 Å². The minimum atomic E-state index is 0. The summed E-state index contributed by atoms with van der Waals surface area (Å²) in [7, 11) is 2.13. The maximum absolute atomic E-state index is 4.22. The number of hydrogen-bond acceptors (Lipinski definition) is 3. The molecule has 27 heavy (non-hydrogen) atoms. The molecule has 0 bridgehead atoms. The highest BCUT2D eigenvalue weighted by molar-refractivity contribution is 8.03. The van der Waals surface area contributed by atoms with Gasteiger partial charge in [0.1, 0.15) is 0 Å². The summed E-state index contributed by atoms with van der Waals surface area (Å²) >= 11 is 1.83. The molecular weight excluding hydrogens is 465 g/mol. The minimum absolute atomic E-state index is 0. The molecule has 3 heterocycles. The molecule has 0 saturated carbocycles. The summed E-state index contributed by atoms with van der Waals surface area (Å²) < 4.78 is 2.33. The van der Waals surface area contributed by atoms with E-state index in [-0.39, 0.29) is 24.0 Å². The van der Waals surface area contributed by atoms with Crippen LogP contribution in [0.5, 0.6) is 0 Å². The van der Waals surface area contributed by atoms with Gasteiger partial charge in [0.15, 0.2) is 17.9 Å². The Kier molecular flexibility index (Phi) is 6.22. The lowest BCUT2D eigenvalue weighted by molar-refractivity contribution is -0.700. The highest BCUT2D eigenvalue weighted by Gasteiger charge is 2.21. The van der Waals surface area contributed by atoms with E-state index in [9.17, 15) is 0 Å². The molecule has 0 spiro atoms. The number of benzene rings is 1. The molecule has 0 N–H and O–H groups in total. The summed E-state index contributed by atoms with van der Waals surface area (Å²) in [5.74, 6) is 0. The molecule has 0 amide bonds. The van der Waals surface area contributed by atoms with E-state index in [0.717, 1.165) is 6.54 Å². The number of pyridine rings is 2. The first-order chi connectivity index (χ1) is 12.6. The zero-order chi connectivity index (χ0) is 18.1. The second kappa shape index (κ2) is 8.44. The van der Waals surface area contributed by atoms with Crippen molar-refractivity contribution < 1.29 is 28.5 Å². The first-order valence-corrected chi connectivity index (χ1v) is 9.56. The molecule has 0 aliphatic carbocycles. The van der Waals surface area contributed by atoms with Gasteiger partial charge in [0.05, 0.1) is 10.7 Å². The van der Waals surface area contributed by atoms with Crippen molar-refractivity contribution in [1.82, 2.24) is 4.98 Å². The molecule has 1 aliphatic heterocycles. The van der Waals surface area contributed by atoms with Crippen LogP contribution in [0.25, 0.3) is 6.08 Å². The molecule has 0 saturated heterocycles. The van der Waals surface area contributed by atoms with E-state index in [2.05, 4.69) is 83.9 Å². The van der Waals surface area contributed by atoms with Crippen molar-refractivity contribution in [2.75, 3.05) is 11.9 Å². The Bertz CT molecular complexity index is 963. The van der Waals surface area contributed by atoms with Crippen LogP contribution in [0.1, 0.15) is 22.5 Å². The number of hydrogen-bond donors (Lipinski definition) is 0. The minimum Gasteiger partial charge on any atom is -1.00 e. The van der Waals surface area contributed by atoms with Gasteiger partial charge in [-0.1, -0.05) is 23.9 Å². The van der Waals surface area contributed by atoms with E-state index in [0.29, 0.717) is 0 Å². The normalized spacial score (nSPS) is 14.2. The monoisotopic (exact) mass is 487 g/mol. The van der Waals surface area contributed by atoms with Crippen LogP contribution in [0.3, 0.4) is 0 Å². The van der Waals surface area contributed by atoms with E-state index in [4.69, 9.17) is 0 Å². The maximum Gasteiger partial charge on any atom is 0.179 e. The summed E-state index contributed by atoms with van der Waals surface area (Å²) in [6.45, 7) is 5.19. The number of nitrogens with zero attached hydrogens (tertiary/aromatic N) is 3. The molecule has 1 aromatic carbocycles. The van der Waals surface area contributed by atoms with Gasteiger partial charge in [-0.2, -0.15) is 4.57 Å². The molecule has 0 atom stereocenters. The largest absolute Gasteiger partial charge is 1.00 e. The number of aryl methyl sites for hydroxylation is 2. The number of rotatable bonds is 3. The van der Waals surface area contributed by atoms with Gasteiger partial charge < -0.3 is 28.9 Å². The van der Waals surface area contributed by atoms with Crippen molar-refractivity contribution in [3.05, 3.63) is 88.5 Å². The molecule has 0 unspecified atom stereocenters. The number of anilines is 1. The molecule has 0 fully saturated rings. The predicted molar refractivity (Wildman–Crippen MR) is 108 cm³/mol. The van der Waals surface area contributed by atoms with Crippen LogP contribution >= 0.6 is 11.8 Å². The highest BCUT2D eigenvalue weighted by atomic mass is 127. The average Bonchev–Trinajstić information content (AvgIpc) is 2.95. The van der Waals surface area contributed by atoms with Crippen molar-refractivity contribution in [2.45, 2.75) is 25.3 Å². The fourth-order valence-corrected chi connectivity index (χ4v) is 4.47. The van der Waals surface area contributed by atoms with E-state index < -0.39 is 0 Å². The molecule has 3 aromatic rings. The first kappa shape index (κ1) is 19.9. The van der Waals surface area contributed by atoms with Crippen LogP contribution in [0.2, 0.25) is 0 Å². The third-order valence-corrected chi connectivity index (χ3v) is 5.89. The van der Waals surface area contributed by atoms with Crippen LogP contribution in [0, 0.1) is 13.8 Å². The Morgan fingerprint density at radius 2 is 1.81 bits per heavy atom. The second-order valence-electron chi connectivity index (χ2n) is 6.63. The SMILES string of the molecule is Cc1cc(C=C2Sc3ccccc3N2C)cc(C)[n+]1Cc1cccnc1.[I-]. The van der Waals surface area contributed by atoms with Gasteiger partial charge in [0.25, 0.3) is 0 Å². The Morgan fingerprint density at radius 3 is 2.48 bits per heavy atom. The Balaban J connectivity index is 0.00000210. The van der Waals surface area contributed by atoms with Crippen molar-refractivity contribution in [3.63, 3.8) is 0 Å². The lowest BCUT2D eigenvalue weighted by Crippen LogP contribution is -3.00. The van der Waals surface area contributed by atoms with E-state index in [1.54, 1.807) is 0 Å². The number of fused-ring (bicyclic) bond motifs is 1. The van der Waals surface area contributed by atoms with E-state index in [1.807, 2.05) is 30.2 Å². The summed E-state index contributed by atoms with van der Waals surface area (Å²) in [5.41, 5.74) is 6.24. The lowest BCUT2D eigenvalue weighted by Gasteiger charge is -2.13. The van der Waals surface area contributed by atoms with Gasteiger partial charge in [0.2, 0.25) is 0 Å². The smallest absolute Gasteiger partial charge is 0.179 e. The van der Waals surface area contributed by atoms with E-state index >= 15 is 0 Å². The van der Waals surface area contributed by atoms with Crippen LogP contribution in [0.15, 0.2) is 70.8 Å². The van der Waals surface area contributed by atoms with Gasteiger partial charge in [-0.3, -0.25) is 4.98 Å².